The van der Waals surface area contributed by atoms with Crippen LogP contribution in [0.15, 0.2) is 48.6 Å². The molecular formula is C62H115NO8. The first-order valence-electron chi connectivity index (χ1n) is 30.4. The lowest BCUT2D eigenvalue weighted by molar-refractivity contribution is -0.302. The summed E-state index contributed by atoms with van der Waals surface area (Å²) in [6, 6.07) is -0.831. The number of nitrogens with one attached hydrogen (secondary N) is 1. The number of allylic oxidation sites excluding steroid dienone is 7. The van der Waals surface area contributed by atoms with Crippen LogP contribution in [0.3, 0.4) is 0 Å². The summed E-state index contributed by atoms with van der Waals surface area (Å²) in [7, 11) is 0. The second kappa shape index (κ2) is 51.6. The second-order valence-corrected chi connectivity index (χ2v) is 21.1. The summed E-state index contributed by atoms with van der Waals surface area (Å²) < 4.78 is 11.3. The number of hydrogen-bond acceptors (Lipinski definition) is 8. The SMILES string of the molecule is CCCCCCCC/C=C\CCCCCCCCCCCC(=O)NC(COC1OC(CO)C(O)C(O)C1O)C(O)/C=C/CC/C=C/CC/C=C/CCCCCCCCCCCCCCCCCCCCC. The lowest BCUT2D eigenvalue weighted by Crippen LogP contribution is -2.60. The number of carbonyl (C=O) groups is 1. The molecular weight excluding hydrogens is 887 g/mol. The highest BCUT2D eigenvalue weighted by Crippen LogP contribution is 2.23. The predicted molar refractivity (Wildman–Crippen MR) is 299 cm³/mol. The van der Waals surface area contributed by atoms with Crippen LogP contribution in [0, 0.1) is 0 Å². The third kappa shape index (κ3) is 41.1. The van der Waals surface area contributed by atoms with Gasteiger partial charge in [0.2, 0.25) is 5.91 Å². The van der Waals surface area contributed by atoms with Gasteiger partial charge in [0.25, 0.3) is 0 Å². The molecule has 6 N–H and O–H groups in total. The zero-order chi connectivity index (χ0) is 51.5. The van der Waals surface area contributed by atoms with Gasteiger partial charge in [0.15, 0.2) is 6.29 Å². The molecule has 0 aromatic rings. The van der Waals surface area contributed by atoms with Gasteiger partial charge in [-0.1, -0.05) is 255 Å². The van der Waals surface area contributed by atoms with E-state index >= 15 is 0 Å². The van der Waals surface area contributed by atoms with E-state index in [2.05, 4.69) is 55.6 Å². The van der Waals surface area contributed by atoms with Crippen LogP contribution in [-0.2, 0) is 14.3 Å². The molecule has 416 valence electrons. The maximum Gasteiger partial charge on any atom is 0.220 e. The molecule has 7 unspecified atom stereocenters. The van der Waals surface area contributed by atoms with Gasteiger partial charge >= 0.3 is 0 Å². The van der Waals surface area contributed by atoms with E-state index in [0.29, 0.717) is 6.42 Å². The molecule has 7 atom stereocenters. The molecule has 1 heterocycles. The molecule has 0 spiro atoms. The Morgan fingerprint density at radius 1 is 0.465 bits per heavy atom. The number of unbranched alkanes of at least 4 members (excludes halogenated alkanes) is 36. The zero-order valence-electron chi connectivity index (χ0n) is 46.2. The normalized spacial score (nSPS) is 19.6. The van der Waals surface area contributed by atoms with Crippen molar-refractivity contribution in [1.82, 2.24) is 5.32 Å². The third-order valence-corrected chi connectivity index (χ3v) is 14.4. The van der Waals surface area contributed by atoms with E-state index < -0.39 is 49.5 Å². The number of rotatable bonds is 52. The lowest BCUT2D eigenvalue weighted by atomic mass is 9.99. The highest BCUT2D eigenvalue weighted by Gasteiger charge is 2.44. The summed E-state index contributed by atoms with van der Waals surface area (Å²) in [6.45, 7) is 3.78. The van der Waals surface area contributed by atoms with Crippen LogP contribution < -0.4 is 5.32 Å². The Bertz CT molecular complexity index is 1250. The molecule has 1 fully saturated rings. The van der Waals surface area contributed by atoms with Gasteiger partial charge in [0.05, 0.1) is 25.4 Å². The summed E-state index contributed by atoms with van der Waals surface area (Å²) in [4.78, 5) is 13.0. The molecule has 0 aromatic heterocycles. The molecule has 0 saturated carbocycles. The Balaban J connectivity index is 2.23. The molecule has 0 radical (unpaired) electrons. The van der Waals surface area contributed by atoms with Gasteiger partial charge in [-0.3, -0.25) is 4.79 Å². The van der Waals surface area contributed by atoms with Crippen molar-refractivity contribution in [3.05, 3.63) is 48.6 Å². The summed E-state index contributed by atoms with van der Waals surface area (Å²) >= 11 is 0. The zero-order valence-corrected chi connectivity index (χ0v) is 46.2. The van der Waals surface area contributed by atoms with Crippen molar-refractivity contribution in [3.8, 4) is 0 Å². The summed E-state index contributed by atoms with van der Waals surface area (Å²) in [5.74, 6) is -0.191. The van der Waals surface area contributed by atoms with Crippen molar-refractivity contribution >= 4 is 5.91 Å². The van der Waals surface area contributed by atoms with Crippen molar-refractivity contribution < 1.29 is 39.8 Å². The predicted octanol–water partition coefficient (Wildman–Crippen LogP) is 15.3. The minimum Gasteiger partial charge on any atom is -0.394 e. The first-order valence-corrected chi connectivity index (χ1v) is 30.4. The molecule has 71 heavy (non-hydrogen) atoms. The number of hydrogen-bond donors (Lipinski definition) is 6. The average molecular weight is 1000 g/mol. The van der Waals surface area contributed by atoms with Crippen LogP contribution in [0.4, 0.5) is 0 Å². The van der Waals surface area contributed by atoms with E-state index in [1.807, 2.05) is 6.08 Å². The third-order valence-electron chi connectivity index (χ3n) is 14.4. The molecule has 1 aliphatic rings. The van der Waals surface area contributed by atoms with Crippen LogP contribution in [0.25, 0.3) is 0 Å². The first-order chi connectivity index (χ1) is 34.8. The molecule has 0 bridgehead atoms. The second-order valence-electron chi connectivity index (χ2n) is 21.1. The highest BCUT2D eigenvalue weighted by atomic mass is 16.7. The number of aliphatic hydroxyl groups is 5. The Hall–Kier alpha value is -1.85. The number of amides is 1. The van der Waals surface area contributed by atoms with Crippen molar-refractivity contribution in [2.75, 3.05) is 13.2 Å². The Kier molecular flexibility index (Phi) is 48.8. The molecule has 1 saturated heterocycles. The average Bonchev–Trinajstić information content (AvgIpc) is 3.37. The van der Waals surface area contributed by atoms with Gasteiger partial charge in [0.1, 0.15) is 24.4 Å². The van der Waals surface area contributed by atoms with Crippen LogP contribution in [0.5, 0.6) is 0 Å². The standard InChI is InChI=1S/C62H115NO8/c1-3-5-7-9-11-13-15-17-19-21-23-24-25-26-27-28-29-30-31-32-34-35-37-39-41-43-45-47-49-51-56(65)55(54-70-62-61(69)60(68)59(67)57(53-64)71-62)63-58(66)52-50-48-46-44-42-40-38-36-33-22-20-18-16-14-12-10-8-6-4-2/h18,20,34-35,41,43,49,51,55-57,59-62,64-65,67-69H,3-17,19,21-33,36-40,42,44-48,50,52-54H2,1-2H3,(H,63,66)/b20-18-,35-34+,43-41+,51-49+. The maximum absolute atomic E-state index is 13.0. The van der Waals surface area contributed by atoms with Gasteiger partial charge in [-0.2, -0.15) is 0 Å². The molecule has 0 aromatic carbocycles. The van der Waals surface area contributed by atoms with Gasteiger partial charge in [-0.25, -0.2) is 0 Å². The quantitative estimate of drug-likeness (QED) is 0.0261. The van der Waals surface area contributed by atoms with E-state index in [4.69, 9.17) is 9.47 Å². The monoisotopic (exact) mass is 1000 g/mol. The van der Waals surface area contributed by atoms with Crippen molar-refractivity contribution in [3.63, 3.8) is 0 Å². The van der Waals surface area contributed by atoms with E-state index in [9.17, 15) is 30.3 Å². The number of carbonyl (C=O) groups excluding carboxylic acids is 1. The Labute approximate surface area is 437 Å². The van der Waals surface area contributed by atoms with Crippen LogP contribution in [0.1, 0.15) is 284 Å². The summed E-state index contributed by atoms with van der Waals surface area (Å²) in [5, 5.41) is 54.5. The van der Waals surface area contributed by atoms with Crippen LogP contribution in [-0.4, -0.2) is 87.5 Å². The van der Waals surface area contributed by atoms with E-state index in [-0.39, 0.29) is 12.5 Å². The van der Waals surface area contributed by atoms with E-state index in [0.717, 1.165) is 44.9 Å². The lowest BCUT2D eigenvalue weighted by Gasteiger charge is -2.40. The minimum atomic E-state index is -1.58. The van der Waals surface area contributed by atoms with Gasteiger partial charge in [-0.15, -0.1) is 0 Å². The van der Waals surface area contributed by atoms with Gasteiger partial charge in [-0.05, 0) is 70.6 Å². The summed E-state index contributed by atoms with van der Waals surface area (Å²) in [5.41, 5.74) is 0. The molecule has 9 heteroatoms. The molecule has 0 aliphatic carbocycles. The summed E-state index contributed by atoms with van der Waals surface area (Å²) in [6.07, 6.45) is 61.9. The first kappa shape index (κ1) is 67.2. The minimum absolute atomic E-state index is 0.191. The molecule has 1 aliphatic heterocycles. The Morgan fingerprint density at radius 3 is 1.18 bits per heavy atom. The number of aliphatic hydroxyl groups excluding tert-OH is 5. The van der Waals surface area contributed by atoms with E-state index in [1.54, 1.807) is 6.08 Å². The largest absolute Gasteiger partial charge is 0.394 e. The van der Waals surface area contributed by atoms with Crippen LogP contribution in [0.2, 0.25) is 0 Å². The number of ether oxygens (including phenoxy) is 2. The fourth-order valence-corrected chi connectivity index (χ4v) is 9.54. The van der Waals surface area contributed by atoms with Crippen molar-refractivity contribution in [2.45, 2.75) is 326 Å². The van der Waals surface area contributed by atoms with Crippen molar-refractivity contribution in [1.29, 1.82) is 0 Å². The highest BCUT2D eigenvalue weighted by molar-refractivity contribution is 5.76. The van der Waals surface area contributed by atoms with Gasteiger partial charge in [0, 0.05) is 6.42 Å². The smallest absolute Gasteiger partial charge is 0.220 e. The van der Waals surface area contributed by atoms with Crippen molar-refractivity contribution in [2.24, 2.45) is 0 Å². The fourth-order valence-electron chi connectivity index (χ4n) is 9.54. The Morgan fingerprint density at radius 2 is 0.803 bits per heavy atom. The maximum atomic E-state index is 13.0. The van der Waals surface area contributed by atoms with Crippen LogP contribution >= 0.6 is 0 Å². The molecule has 1 rings (SSSR count). The topological polar surface area (TPSA) is 149 Å². The molecule has 1 amide bonds. The fraction of sp³-hybridized carbons (Fsp3) is 0.855. The van der Waals surface area contributed by atoms with E-state index in [1.165, 1.54) is 218 Å². The van der Waals surface area contributed by atoms with Gasteiger partial charge < -0.3 is 40.3 Å². The molecule has 9 nitrogen and oxygen atoms in total.